The first-order valence-electron chi connectivity index (χ1n) is 29.3. The maximum Gasteiger partial charge on any atom is 0.323 e. The van der Waals surface area contributed by atoms with Crippen LogP contribution in [0, 0.1) is 0 Å². The first kappa shape index (κ1) is 61.1. The highest BCUT2D eigenvalue weighted by Crippen LogP contribution is 2.49. The molecule has 2 atom stereocenters. The molecule has 2 unspecified atom stereocenters. The van der Waals surface area contributed by atoms with Gasteiger partial charge in [-0.25, -0.2) is 9.79 Å². The number of guanidine groups is 1. The van der Waals surface area contributed by atoms with E-state index in [2.05, 4.69) is 27.8 Å². The number of hydrogen-bond acceptors (Lipinski definition) is 8. The number of phenolic OH excluding ortho intramolecular Hbond substituents is 2. The number of nitrogens with two attached hydrogens (primary N) is 2. The molecule has 6 aliphatic rings. The van der Waals surface area contributed by atoms with Crippen molar-refractivity contribution >= 4 is 52.8 Å². The SMILES string of the molecule is C.CC.CC.NC(N)=Nc1cccc(COC2CC=C3CCCCC3=C2c2c(O)c(C=O)cc3c2CCCC3)c1.O=Cc1cc2c(c(C3=C4CCCCC4=CCC3OCc3cccc(NC(=O)Nc4ccccc4)c3)c1O)CCCC2. The van der Waals surface area contributed by atoms with E-state index in [1.807, 2.05) is 119 Å². The van der Waals surface area contributed by atoms with Gasteiger partial charge >= 0.3 is 6.03 Å². The molecule has 0 spiro atoms. The van der Waals surface area contributed by atoms with E-state index in [1.54, 1.807) is 0 Å². The number of hydrogen-bond donors (Lipinski definition) is 6. The summed E-state index contributed by atoms with van der Waals surface area (Å²) in [7, 11) is 0. The number of phenols is 2. The first-order valence-corrected chi connectivity index (χ1v) is 29.3. The Labute approximate surface area is 480 Å². The molecule has 81 heavy (non-hydrogen) atoms. The van der Waals surface area contributed by atoms with Gasteiger partial charge in [-0.3, -0.25) is 9.59 Å². The number of nitrogens with one attached hydrogen (secondary N) is 2. The van der Waals surface area contributed by atoms with E-state index in [0.29, 0.717) is 35.7 Å². The number of carbonyl (C=O) groups excluding carboxylic acids is 3. The molecule has 12 heteroatoms. The fourth-order valence-corrected chi connectivity index (χ4v) is 12.4. The van der Waals surface area contributed by atoms with E-state index in [1.165, 1.54) is 57.4 Å². The molecule has 0 aromatic heterocycles. The highest BCUT2D eigenvalue weighted by molar-refractivity contribution is 6.00. The van der Waals surface area contributed by atoms with Crippen LogP contribution < -0.4 is 22.1 Å². The highest BCUT2D eigenvalue weighted by atomic mass is 16.5. The molecule has 6 aliphatic carbocycles. The summed E-state index contributed by atoms with van der Waals surface area (Å²) >= 11 is 0. The average Bonchev–Trinajstić information content (AvgIpc) is 3.66. The number of para-hydroxylation sites is 1. The van der Waals surface area contributed by atoms with Crippen molar-refractivity contribution in [3.8, 4) is 11.5 Å². The first-order chi connectivity index (χ1) is 39.1. The average molecular weight is 1100 g/mol. The number of benzene rings is 5. The zero-order chi connectivity index (χ0) is 56.5. The van der Waals surface area contributed by atoms with Crippen LogP contribution in [0.15, 0.2) is 130 Å². The summed E-state index contributed by atoms with van der Waals surface area (Å²) in [5.41, 5.74) is 29.7. The van der Waals surface area contributed by atoms with Crippen molar-refractivity contribution in [3.63, 3.8) is 0 Å². The van der Waals surface area contributed by atoms with Gasteiger partial charge in [0.1, 0.15) is 11.5 Å². The normalized spacial score (nSPS) is 17.7. The highest BCUT2D eigenvalue weighted by Gasteiger charge is 2.35. The number of fused-ring (bicyclic) bond motifs is 4. The number of allylic oxidation sites excluding steroid dienone is 4. The topological polar surface area (TPSA) is 199 Å². The monoisotopic (exact) mass is 1100 g/mol. The van der Waals surface area contributed by atoms with Gasteiger partial charge in [0, 0.05) is 22.5 Å². The fourth-order valence-electron chi connectivity index (χ4n) is 12.4. The van der Waals surface area contributed by atoms with Gasteiger partial charge in [0.15, 0.2) is 18.5 Å². The van der Waals surface area contributed by atoms with Gasteiger partial charge in [0.2, 0.25) is 0 Å². The van der Waals surface area contributed by atoms with Crippen LogP contribution in [-0.2, 0) is 48.4 Å². The fraction of sp³-hybridized carbons (Fsp3) is 0.391. The number of rotatable bonds is 13. The minimum atomic E-state index is -0.307. The maximum absolute atomic E-state index is 12.5. The van der Waals surface area contributed by atoms with Crippen molar-refractivity contribution in [1.82, 2.24) is 0 Å². The standard InChI is InChI=1S/C35H36N2O4.C29H33N3O3.2C2H6.CH4/c38-21-26-20-25-11-5-7-16-30(25)33(34(26)39)32-29-15-6-4-10-24(29)17-18-31(32)41-22-23-9-8-14-28(19-23)37-35(40)36-27-12-2-1-3-13-27;30-29(31)32-22-9-5-6-18(14-22)17-35-25-13-12-19-7-1-3-10-23(19)26(25)27-24-11-4-2-8-20(24)15-21(16-33)28(27)34;2*1-2;/h1-3,8-9,12-14,17,19-21,31,39H,4-7,10-11,15-16,18,22H2,(H2,36,37,40);5-6,9,12,14-16,25,34H,1-4,7-8,10-11,13,17H2,(H4,30,31,32);2*1-2H3;1H4. The van der Waals surface area contributed by atoms with Gasteiger partial charge in [-0.05, 0) is 231 Å². The second kappa shape index (κ2) is 29.8. The Kier molecular flexibility index (Phi) is 22.5. The molecular weight excluding hydrogens is 1010 g/mol. The molecule has 2 fully saturated rings. The summed E-state index contributed by atoms with van der Waals surface area (Å²) in [4.78, 5) is 40.5. The van der Waals surface area contributed by atoms with Crippen LogP contribution >= 0.6 is 0 Å². The third kappa shape index (κ3) is 14.7. The van der Waals surface area contributed by atoms with Crippen LogP contribution in [0.25, 0.3) is 11.1 Å². The number of ether oxygens (including phenoxy) is 2. The Balaban J connectivity index is 0.000000220. The number of aromatic hydroxyl groups is 2. The molecule has 2 saturated carbocycles. The minimum Gasteiger partial charge on any atom is -0.507 e. The molecule has 0 radical (unpaired) electrons. The number of aryl methyl sites for hydroxylation is 2. The Morgan fingerprint density at radius 3 is 1.52 bits per heavy atom. The van der Waals surface area contributed by atoms with Crippen LogP contribution in [0.4, 0.5) is 21.9 Å². The second-order valence-corrected chi connectivity index (χ2v) is 20.9. The summed E-state index contributed by atoms with van der Waals surface area (Å²) in [5, 5.41) is 28.5. The lowest BCUT2D eigenvalue weighted by atomic mass is 9.74. The Morgan fingerprint density at radius 2 is 1.01 bits per heavy atom. The largest absolute Gasteiger partial charge is 0.507 e. The van der Waals surface area contributed by atoms with E-state index in [4.69, 9.17) is 20.9 Å². The molecule has 428 valence electrons. The number of carbonyl (C=O) groups is 3. The molecular formula is C69H85N5O7. The van der Waals surface area contributed by atoms with Crippen molar-refractivity contribution in [2.45, 2.75) is 176 Å². The van der Waals surface area contributed by atoms with Crippen LogP contribution in [-0.4, -0.2) is 47.0 Å². The number of nitrogens with zero attached hydrogens (tertiary/aromatic N) is 1. The number of urea groups is 1. The van der Waals surface area contributed by atoms with E-state index >= 15 is 0 Å². The number of amides is 2. The third-order valence-corrected chi connectivity index (χ3v) is 15.9. The molecule has 0 bridgehead atoms. The van der Waals surface area contributed by atoms with Crippen molar-refractivity contribution in [2.75, 3.05) is 10.6 Å². The van der Waals surface area contributed by atoms with E-state index < -0.39 is 0 Å². The molecule has 8 N–H and O–H groups in total. The zero-order valence-electron chi connectivity index (χ0n) is 47.3. The van der Waals surface area contributed by atoms with Gasteiger partial charge in [-0.2, -0.15) is 0 Å². The summed E-state index contributed by atoms with van der Waals surface area (Å²) < 4.78 is 13.2. The van der Waals surface area contributed by atoms with Gasteiger partial charge in [-0.1, -0.05) is 89.7 Å². The van der Waals surface area contributed by atoms with E-state index in [-0.39, 0.29) is 43.1 Å². The molecule has 0 heterocycles. The van der Waals surface area contributed by atoms with Crippen LogP contribution in [0.2, 0.25) is 0 Å². The van der Waals surface area contributed by atoms with Gasteiger partial charge in [0.25, 0.3) is 0 Å². The lowest BCUT2D eigenvalue weighted by Gasteiger charge is -2.34. The molecule has 11 rings (SSSR count). The van der Waals surface area contributed by atoms with Crippen LogP contribution in [0.3, 0.4) is 0 Å². The molecule has 2 amide bonds. The van der Waals surface area contributed by atoms with Gasteiger partial charge in [-0.15, -0.1) is 0 Å². The minimum absolute atomic E-state index is 0. The predicted molar refractivity (Wildman–Crippen MR) is 330 cm³/mol. The molecule has 5 aromatic carbocycles. The maximum atomic E-state index is 12.5. The number of aliphatic imine (C=N–C) groups is 1. The number of anilines is 2. The lowest BCUT2D eigenvalue weighted by molar-refractivity contribution is 0.0785. The van der Waals surface area contributed by atoms with Crippen LogP contribution in [0.1, 0.15) is 190 Å². The van der Waals surface area contributed by atoms with Crippen molar-refractivity contribution in [3.05, 3.63) is 181 Å². The molecule has 0 saturated heterocycles. The second-order valence-electron chi connectivity index (χ2n) is 20.9. The smallest absolute Gasteiger partial charge is 0.323 e. The van der Waals surface area contributed by atoms with Gasteiger partial charge < -0.3 is 41.8 Å². The lowest BCUT2D eigenvalue weighted by Crippen LogP contribution is -2.23. The Morgan fingerprint density at radius 1 is 0.568 bits per heavy atom. The Hall–Kier alpha value is -7.54. The van der Waals surface area contributed by atoms with Crippen molar-refractivity contribution < 1.29 is 34.1 Å². The molecule has 0 aliphatic heterocycles. The molecule has 5 aromatic rings. The van der Waals surface area contributed by atoms with Gasteiger partial charge in [0.05, 0.1) is 42.2 Å². The van der Waals surface area contributed by atoms with Crippen molar-refractivity contribution in [1.29, 1.82) is 0 Å². The summed E-state index contributed by atoms with van der Waals surface area (Å²) in [6.45, 7) is 8.76. The van der Waals surface area contributed by atoms with E-state index in [0.717, 1.165) is 154 Å². The molecule has 12 nitrogen and oxygen atoms in total. The summed E-state index contributed by atoms with van der Waals surface area (Å²) in [5.74, 6) is 0.227. The summed E-state index contributed by atoms with van der Waals surface area (Å²) in [6, 6.07) is 28.1. The van der Waals surface area contributed by atoms with Crippen molar-refractivity contribution in [2.24, 2.45) is 16.5 Å². The zero-order valence-corrected chi connectivity index (χ0v) is 47.3. The van der Waals surface area contributed by atoms with Crippen LogP contribution in [0.5, 0.6) is 11.5 Å². The number of aldehydes is 2. The summed E-state index contributed by atoms with van der Waals surface area (Å²) in [6.07, 6.45) is 23.9. The third-order valence-electron chi connectivity index (χ3n) is 15.9. The van der Waals surface area contributed by atoms with E-state index in [9.17, 15) is 24.6 Å². The Bertz CT molecular complexity index is 3180. The predicted octanol–water partition coefficient (Wildman–Crippen LogP) is 15.9. The quantitative estimate of drug-likeness (QED) is 0.0377.